The van der Waals surface area contributed by atoms with Gasteiger partial charge in [-0.3, -0.25) is 0 Å². The first kappa shape index (κ1) is 12.4. The number of thiocarbonyl (C=S) groups is 1. The molecule has 2 rings (SSSR count). The van der Waals surface area contributed by atoms with E-state index in [0.29, 0.717) is 11.6 Å². The van der Waals surface area contributed by atoms with Gasteiger partial charge in [-0.05, 0) is 25.5 Å². The first-order chi connectivity index (χ1) is 8.56. The van der Waals surface area contributed by atoms with Gasteiger partial charge in [-0.2, -0.15) is 0 Å². The second-order valence-electron chi connectivity index (χ2n) is 3.98. The van der Waals surface area contributed by atoms with E-state index < -0.39 is 0 Å². The zero-order valence-electron chi connectivity index (χ0n) is 10.2. The average Bonchev–Trinajstić information content (AvgIpc) is 2.33. The van der Waals surface area contributed by atoms with E-state index in [-0.39, 0.29) is 4.99 Å². The van der Waals surface area contributed by atoms with Crippen LogP contribution < -0.4 is 10.5 Å². The molecule has 0 radical (unpaired) electrons. The lowest BCUT2D eigenvalue weighted by atomic mass is 10.1. The van der Waals surface area contributed by atoms with Gasteiger partial charge in [-0.1, -0.05) is 29.9 Å². The molecular formula is C13H13N3OS. The number of benzene rings is 1. The number of nitrogens with two attached hydrogens (primary N) is 1. The predicted octanol–water partition coefficient (Wildman–Crippen LogP) is 2.52. The van der Waals surface area contributed by atoms with E-state index in [0.717, 1.165) is 11.3 Å². The molecule has 0 saturated heterocycles. The number of nitrogens with zero attached hydrogens (tertiary/aromatic N) is 2. The standard InChI is InChI=1S/C13H13N3OS/c1-8-3-4-11(9(2)5-8)17-12-7-15-10(6-16-12)13(14)18/h3-7H,1-2H3,(H2,14,18). The molecule has 2 N–H and O–H groups in total. The van der Waals surface area contributed by atoms with Gasteiger partial charge in [0.2, 0.25) is 5.88 Å². The van der Waals surface area contributed by atoms with E-state index in [2.05, 4.69) is 9.97 Å². The van der Waals surface area contributed by atoms with E-state index in [1.54, 1.807) is 0 Å². The van der Waals surface area contributed by atoms with Crippen LogP contribution in [0.5, 0.6) is 11.6 Å². The van der Waals surface area contributed by atoms with Crippen LogP contribution in [0.1, 0.15) is 16.8 Å². The highest BCUT2D eigenvalue weighted by atomic mass is 32.1. The van der Waals surface area contributed by atoms with Gasteiger partial charge < -0.3 is 10.5 Å². The summed E-state index contributed by atoms with van der Waals surface area (Å²) < 4.78 is 5.64. The summed E-state index contributed by atoms with van der Waals surface area (Å²) in [4.78, 5) is 8.40. The first-order valence-electron chi connectivity index (χ1n) is 5.43. The molecular weight excluding hydrogens is 246 g/mol. The van der Waals surface area contributed by atoms with Crippen LogP contribution >= 0.6 is 12.2 Å². The van der Waals surface area contributed by atoms with Crippen molar-refractivity contribution < 1.29 is 4.74 Å². The van der Waals surface area contributed by atoms with Crippen molar-refractivity contribution in [2.24, 2.45) is 5.73 Å². The Morgan fingerprint density at radius 1 is 1.22 bits per heavy atom. The second kappa shape index (κ2) is 5.10. The van der Waals surface area contributed by atoms with Crippen molar-refractivity contribution in [3.05, 3.63) is 47.4 Å². The van der Waals surface area contributed by atoms with Gasteiger partial charge in [0.1, 0.15) is 16.4 Å². The van der Waals surface area contributed by atoms with Gasteiger partial charge >= 0.3 is 0 Å². The molecule has 0 unspecified atom stereocenters. The highest BCUT2D eigenvalue weighted by Crippen LogP contribution is 2.23. The van der Waals surface area contributed by atoms with E-state index in [9.17, 15) is 0 Å². The number of rotatable bonds is 3. The monoisotopic (exact) mass is 259 g/mol. The fourth-order valence-corrected chi connectivity index (χ4v) is 1.63. The summed E-state index contributed by atoms with van der Waals surface area (Å²) in [5, 5.41) is 0. The number of aryl methyl sites for hydroxylation is 2. The van der Waals surface area contributed by atoms with Crippen LogP contribution in [0.15, 0.2) is 30.6 Å². The molecule has 18 heavy (non-hydrogen) atoms. The summed E-state index contributed by atoms with van der Waals surface area (Å²) >= 11 is 4.80. The molecule has 0 bridgehead atoms. The summed E-state index contributed by atoms with van der Waals surface area (Å²) in [6.45, 7) is 4.02. The largest absolute Gasteiger partial charge is 0.437 e. The van der Waals surface area contributed by atoms with Gasteiger partial charge in [0.25, 0.3) is 0 Å². The maximum absolute atomic E-state index is 5.64. The Bertz CT molecular complexity index is 581. The quantitative estimate of drug-likeness (QED) is 0.858. The van der Waals surface area contributed by atoms with Crippen LogP contribution in [0, 0.1) is 13.8 Å². The Morgan fingerprint density at radius 2 is 2.00 bits per heavy atom. The van der Waals surface area contributed by atoms with Crippen molar-refractivity contribution in [3.63, 3.8) is 0 Å². The van der Waals surface area contributed by atoms with Crippen molar-refractivity contribution in [3.8, 4) is 11.6 Å². The van der Waals surface area contributed by atoms with Gasteiger partial charge in [0.05, 0.1) is 12.4 Å². The fourth-order valence-electron chi connectivity index (χ4n) is 1.52. The van der Waals surface area contributed by atoms with Crippen molar-refractivity contribution >= 4 is 17.2 Å². The smallest absolute Gasteiger partial charge is 0.237 e. The van der Waals surface area contributed by atoms with Crippen LogP contribution in [0.4, 0.5) is 0 Å². The zero-order chi connectivity index (χ0) is 13.1. The highest BCUT2D eigenvalue weighted by molar-refractivity contribution is 7.80. The lowest BCUT2D eigenvalue weighted by molar-refractivity contribution is 0.456. The normalized spacial score (nSPS) is 10.1. The molecule has 0 saturated carbocycles. The van der Waals surface area contributed by atoms with Crippen LogP contribution in [0.2, 0.25) is 0 Å². The van der Waals surface area contributed by atoms with Crippen LogP contribution in [-0.2, 0) is 0 Å². The van der Waals surface area contributed by atoms with Crippen molar-refractivity contribution in [2.45, 2.75) is 13.8 Å². The van der Waals surface area contributed by atoms with Gasteiger partial charge in [-0.25, -0.2) is 9.97 Å². The highest BCUT2D eigenvalue weighted by Gasteiger charge is 2.04. The maximum Gasteiger partial charge on any atom is 0.237 e. The van der Waals surface area contributed by atoms with Crippen LogP contribution in [-0.4, -0.2) is 15.0 Å². The Hall–Kier alpha value is -2.01. The molecule has 5 heteroatoms. The van der Waals surface area contributed by atoms with Crippen molar-refractivity contribution in [1.82, 2.24) is 9.97 Å². The molecule has 0 fully saturated rings. The minimum atomic E-state index is 0.223. The molecule has 0 aliphatic rings. The molecule has 0 amide bonds. The molecule has 2 aromatic rings. The third kappa shape index (κ3) is 2.81. The fraction of sp³-hybridized carbons (Fsp3) is 0.154. The third-order valence-corrected chi connectivity index (χ3v) is 2.63. The summed E-state index contributed by atoms with van der Waals surface area (Å²) in [6, 6.07) is 5.94. The van der Waals surface area contributed by atoms with Crippen LogP contribution in [0.25, 0.3) is 0 Å². The predicted molar refractivity (Wildman–Crippen MR) is 73.9 cm³/mol. The minimum Gasteiger partial charge on any atom is -0.437 e. The SMILES string of the molecule is Cc1ccc(Oc2cnc(C(N)=S)cn2)c(C)c1. The molecule has 1 aromatic carbocycles. The van der Waals surface area contributed by atoms with E-state index in [1.807, 2.05) is 32.0 Å². The van der Waals surface area contributed by atoms with E-state index in [4.69, 9.17) is 22.7 Å². The molecule has 1 aromatic heterocycles. The number of aromatic nitrogens is 2. The van der Waals surface area contributed by atoms with E-state index >= 15 is 0 Å². The topological polar surface area (TPSA) is 61.0 Å². The molecule has 0 spiro atoms. The molecule has 0 aliphatic carbocycles. The average molecular weight is 259 g/mol. The van der Waals surface area contributed by atoms with Crippen molar-refractivity contribution in [1.29, 1.82) is 0 Å². The lowest BCUT2D eigenvalue weighted by Crippen LogP contribution is -2.11. The number of ether oxygens (including phenoxy) is 1. The molecule has 4 nitrogen and oxygen atoms in total. The Balaban J connectivity index is 2.21. The van der Waals surface area contributed by atoms with Gasteiger partial charge in [-0.15, -0.1) is 0 Å². The van der Waals surface area contributed by atoms with Crippen molar-refractivity contribution in [2.75, 3.05) is 0 Å². The first-order valence-corrected chi connectivity index (χ1v) is 5.84. The number of hydrogen-bond acceptors (Lipinski definition) is 4. The molecule has 1 heterocycles. The summed E-state index contributed by atoms with van der Waals surface area (Å²) in [6.07, 6.45) is 3.01. The number of hydrogen-bond donors (Lipinski definition) is 1. The molecule has 92 valence electrons. The molecule has 0 aliphatic heterocycles. The van der Waals surface area contributed by atoms with Crippen LogP contribution in [0.3, 0.4) is 0 Å². The van der Waals surface area contributed by atoms with E-state index in [1.165, 1.54) is 18.0 Å². The zero-order valence-corrected chi connectivity index (χ0v) is 11.0. The van der Waals surface area contributed by atoms with Gasteiger partial charge in [0, 0.05) is 0 Å². The second-order valence-corrected chi connectivity index (χ2v) is 4.41. The summed E-state index contributed by atoms with van der Waals surface area (Å²) in [7, 11) is 0. The van der Waals surface area contributed by atoms with Gasteiger partial charge in [0.15, 0.2) is 0 Å². The Kier molecular flexibility index (Phi) is 3.53. The molecule has 0 atom stereocenters. The summed E-state index contributed by atoms with van der Waals surface area (Å²) in [5.41, 5.74) is 8.17. The lowest BCUT2D eigenvalue weighted by Gasteiger charge is -2.08. The third-order valence-electron chi connectivity index (χ3n) is 2.43. The maximum atomic E-state index is 5.64. The Morgan fingerprint density at radius 3 is 2.56 bits per heavy atom. The minimum absolute atomic E-state index is 0.223. The Labute approximate surface area is 111 Å². The summed E-state index contributed by atoms with van der Waals surface area (Å²) in [5.74, 6) is 1.18.